The fourth-order valence-electron chi connectivity index (χ4n) is 5.70. The van der Waals surface area contributed by atoms with Crippen LogP contribution in [0.5, 0.6) is 0 Å². The molecule has 0 heterocycles. The Labute approximate surface area is 394 Å². The van der Waals surface area contributed by atoms with Crippen LogP contribution in [0.15, 0.2) is 84.9 Å². The summed E-state index contributed by atoms with van der Waals surface area (Å²) in [6.45, 7) is 26.7. The maximum atomic E-state index is 13.5. The SMILES string of the molecule is [C-]#[N+]c1ccc(N[C@@H](C(=O)NNC(=O)c2ccc(C#N)cc2)[C@H](C)O)cc1C(F)(F)F.[C-]#[N+]c1ccc(N[C@@H](C(=O)NNC(=O)c2ccc(C#N)cc2)[C@H](C)O[Si](C)(C)C(C)(C)C)cc1C(F)(F)F. The molecular formula is C46H46F6N10O6Si. The van der Waals surface area contributed by atoms with Crippen LogP contribution in [0.2, 0.25) is 18.1 Å². The van der Waals surface area contributed by atoms with E-state index in [1.165, 1.54) is 67.6 Å². The molecule has 16 nitrogen and oxygen atoms in total. The number of carbonyl (C=O) groups excluding carboxylic acids is 4. The lowest BCUT2D eigenvalue weighted by molar-refractivity contribution is -0.137. The van der Waals surface area contributed by atoms with Crippen molar-refractivity contribution in [3.8, 4) is 12.1 Å². The van der Waals surface area contributed by atoms with Crippen molar-refractivity contribution in [1.82, 2.24) is 21.7 Å². The minimum Gasteiger partial charge on any atom is -0.412 e. The number of halogens is 6. The van der Waals surface area contributed by atoms with Crippen LogP contribution in [0.4, 0.5) is 49.1 Å². The lowest BCUT2D eigenvalue weighted by Crippen LogP contribution is -2.55. The normalized spacial score (nSPS) is 13.1. The molecule has 362 valence electrons. The smallest absolute Gasteiger partial charge is 0.407 e. The molecule has 0 unspecified atom stereocenters. The Morgan fingerprint density at radius 1 is 0.638 bits per heavy atom. The van der Waals surface area contributed by atoms with Gasteiger partial charge in [-0.25, -0.2) is 9.69 Å². The Hall–Kier alpha value is -7.96. The molecule has 4 aromatic rings. The number of anilines is 2. The van der Waals surface area contributed by atoms with Crippen molar-refractivity contribution in [2.45, 2.75) is 89.4 Å². The standard InChI is InChI=1S/C26H30F3N5O3Si.C20H16F3N5O3/c1-16(37-38(6,7)25(2,3)4)22(32-19-12-13-21(31-5)20(14-19)26(27,28)29)24(36)34-33-23(35)18-10-8-17(15-30)9-11-18;1-11(29)17(26-14-7-8-16(25-2)15(9-14)20(21,22)23)19(31)28-27-18(30)13-5-3-12(10-24)4-6-13/h8-14,16,22,32H,1-4,6-7H3,(H,33,35)(H,34,36);3-9,11,17,26,29H,1H3,(H,27,30)(H,28,31)/t16-,22+;11-,17+/m00/s1. The van der Waals surface area contributed by atoms with Crippen LogP contribution in [-0.2, 0) is 26.4 Å². The second kappa shape index (κ2) is 23.2. The molecule has 4 amide bonds. The molecule has 0 aliphatic rings. The van der Waals surface area contributed by atoms with Crippen molar-refractivity contribution < 1.29 is 55.1 Å². The van der Waals surface area contributed by atoms with Crippen molar-refractivity contribution in [3.63, 3.8) is 0 Å². The van der Waals surface area contributed by atoms with E-state index in [0.29, 0.717) is 17.2 Å². The molecule has 0 aromatic heterocycles. The molecule has 0 bridgehead atoms. The van der Waals surface area contributed by atoms with E-state index < -0.39 is 91.1 Å². The van der Waals surface area contributed by atoms with Crippen molar-refractivity contribution >= 4 is 54.7 Å². The molecule has 0 fully saturated rings. The number of benzene rings is 4. The summed E-state index contributed by atoms with van der Waals surface area (Å²) >= 11 is 0. The third kappa shape index (κ3) is 15.6. The van der Waals surface area contributed by atoms with Gasteiger partial charge in [-0.15, -0.1) is 0 Å². The number of hydrogen-bond acceptors (Lipinski definition) is 10. The number of hydrazine groups is 2. The highest BCUT2D eigenvalue weighted by Gasteiger charge is 2.41. The predicted molar refractivity (Wildman–Crippen MR) is 243 cm³/mol. The zero-order chi connectivity index (χ0) is 52.1. The van der Waals surface area contributed by atoms with Crippen LogP contribution < -0.4 is 32.3 Å². The van der Waals surface area contributed by atoms with Gasteiger partial charge in [-0.3, -0.25) is 40.9 Å². The maximum Gasteiger partial charge on any atom is 0.407 e. The third-order valence-corrected chi connectivity index (χ3v) is 15.0. The first-order valence-corrected chi connectivity index (χ1v) is 23.2. The Kier molecular flexibility index (Phi) is 18.6. The van der Waals surface area contributed by atoms with E-state index in [2.05, 4.69) is 42.0 Å². The van der Waals surface area contributed by atoms with Gasteiger partial charge in [0.15, 0.2) is 19.7 Å². The Morgan fingerprint density at radius 2 is 1.00 bits per heavy atom. The zero-order valence-corrected chi connectivity index (χ0v) is 38.9. The van der Waals surface area contributed by atoms with Crippen molar-refractivity contribution in [2.75, 3.05) is 10.6 Å². The monoisotopic (exact) mass is 976 g/mol. The van der Waals surface area contributed by atoms with E-state index >= 15 is 0 Å². The highest BCUT2D eigenvalue weighted by atomic mass is 28.4. The number of aliphatic hydroxyl groups is 1. The summed E-state index contributed by atoms with van der Waals surface area (Å²) in [5.41, 5.74) is 6.10. The predicted octanol–water partition coefficient (Wildman–Crippen LogP) is 8.53. The third-order valence-electron chi connectivity index (χ3n) is 10.4. The van der Waals surface area contributed by atoms with E-state index in [1.54, 1.807) is 6.92 Å². The molecule has 69 heavy (non-hydrogen) atoms. The van der Waals surface area contributed by atoms with E-state index in [1.807, 2.05) is 46.0 Å². The molecule has 0 spiro atoms. The van der Waals surface area contributed by atoms with E-state index in [0.717, 1.165) is 18.2 Å². The average molecular weight is 977 g/mol. The summed E-state index contributed by atoms with van der Waals surface area (Å²) in [4.78, 5) is 55.9. The van der Waals surface area contributed by atoms with E-state index in [9.17, 15) is 50.6 Å². The number of amides is 4. The van der Waals surface area contributed by atoms with Gasteiger partial charge < -0.3 is 20.2 Å². The number of rotatable bonds is 12. The van der Waals surface area contributed by atoms with E-state index in [4.69, 9.17) is 28.1 Å². The van der Waals surface area contributed by atoms with Gasteiger partial charge in [-0.05, 0) is 105 Å². The first-order chi connectivity index (χ1) is 32.1. The molecule has 7 N–H and O–H groups in total. The summed E-state index contributed by atoms with van der Waals surface area (Å²) < 4.78 is 86.2. The summed E-state index contributed by atoms with van der Waals surface area (Å²) in [5.74, 6) is -3.02. The molecule has 0 saturated carbocycles. The average Bonchev–Trinajstić information content (AvgIpc) is 3.29. The number of nitrogens with one attached hydrogen (secondary N) is 6. The number of carbonyl (C=O) groups is 4. The summed E-state index contributed by atoms with van der Waals surface area (Å²) in [6, 6.07) is 18.3. The number of nitriles is 2. The van der Waals surface area contributed by atoms with Gasteiger partial charge in [-0.2, -0.15) is 36.9 Å². The van der Waals surface area contributed by atoms with Crippen molar-refractivity contribution in [1.29, 1.82) is 10.5 Å². The Balaban J connectivity index is 0.000000373. The fourth-order valence-corrected chi connectivity index (χ4v) is 7.12. The van der Waals surface area contributed by atoms with Crippen LogP contribution in [0.25, 0.3) is 9.69 Å². The van der Waals surface area contributed by atoms with Gasteiger partial charge in [0.2, 0.25) is 0 Å². The Morgan fingerprint density at radius 3 is 1.32 bits per heavy atom. The van der Waals surface area contributed by atoms with Crippen LogP contribution in [0.3, 0.4) is 0 Å². The molecule has 0 aliphatic carbocycles. The zero-order valence-electron chi connectivity index (χ0n) is 37.9. The fraction of sp³-hybridized carbons (Fsp3) is 0.304. The minimum absolute atomic E-state index is 0.0472. The number of nitrogens with zero attached hydrogens (tertiary/aromatic N) is 4. The van der Waals surface area contributed by atoms with Gasteiger partial charge in [0.25, 0.3) is 23.6 Å². The summed E-state index contributed by atoms with van der Waals surface area (Å²) in [6.07, 6.45) is -11.7. The molecule has 4 rings (SSSR count). The van der Waals surface area contributed by atoms with Crippen LogP contribution >= 0.6 is 0 Å². The molecule has 23 heteroatoms. The van der Waals surface area contributed by atoms with Gasteiger partial charge >= 0.3 is 12.4 Å². The van der Waals surface area contributed by atoms with Gasteiger partial charge in [0, 0.05) is 22.5 Å². The number of aliphatic hydroxyl groups excluding tert-OH is 1. The molecule has 0 saturated heterocycles. The van der Waals surface area contributed by atoms with Crippen LogP contribution in [-0.4, -0.2) is 61.3 Å². The molecule has 0 aliphatic heterocycles. The molecule has 4 atom stereocenters. The lowest BCUT2D eigenvalue weighted by Gasteiger charge is -2.40. The minimum atomic E-state index is -4.78. The second-order valence-electron chi connectivity index (χ2n) is 16.5. The second-order valence-corrected chi connectivity index (χ2v) is 21.3. The lowest BCUT2D eigenvalue weighted by atomic mass is 10.1. The van der Waals surface area contributed by atoms with Gasteiger partial charge in [-0.1, -0.05) is 32.9 Å². The number of alkyl halides is 6. The topological polar surface area (TPSA) is 226 Å². The molecular weight excluding hydrogens is 931 g/mol. The first kappa shape index (κ1) is 55.4. The maximum absolute atomic E-state index is 13.5. The largest absolute Gasteiger partial charge is 0.412 e. The molecule has 4 aromatic carbocycles. The molecule has 0 radical (unpaired) electrons. The van der Waals surface area contributed by atoms with E-state index in [-0.39, 0.29) is 27.5 Å². The van der Waals surface area contributed by atoms with Crippen molar-refractivity contribution in [3.05, 3.63) is 141 Å². The van der Waals surface area contributed by atoms with Crippen LogP contribution in [0.1, 0.15) is 77.6 Å². The highest BCUT2D eigenvalue weighted by molar-refractivity contribution is 6.74. The summed E-state index contributed by atoms with van der Waals surface area (Å²) in [5, 5.41) is 32.6. The van der Waals surface area contributed by atoms with Crippen LogP contribution in [0, 0.1) is 35.8 Å². The highest BCUT2D eigenvalue weighted by Crippen LogP contribution is 2.40. The van der Waals surface area contributed by atoms with Gasteiger partial charge in [0.05, 0.1) is 59.7 Å². The van der Waals surface area contributed by atoms with Gasteiger partial charge in [0.1, 0.15) is 12.1 Å². The summed E-state index contributed by atoms with van der Waals surface area (Å²) in [7, 11) is -2.41. The van der Waals surface area contributed by atoms with Crippen molar-refractivity contribution in [2.24, 2.45) is 0 Å². The quantitative estimate of drug-likeness (QED) is 0.0310. The Bertz CT molecular complexity index is 2680. The number of hydrogen-bond donors (Lipinski definition) is 7. The first-order valence-electron chi connectivity index (χ1n) is 20.3.